The third kappa shape index (κ3) is 1.59. The zero-order valence-electron chi connectivity index (χ0n) is 5.52. The first-order valence-corrected chi connectivity index (χ1v) is 3.26. The Hall–Kier alpha value is -0.730. The van der Waals surface area contributed by atoms with Gasteiger partial charge in [0.1, 0.15) is 0 Å². The van der Waals surface area contributed by atoms with E-state index < -0.39 is 0 Å². The molecule has 0 bridgehead atoms. The molecule has 0 spiro atoms. The monoisotopic (exact) mass is 129 g/mol. The van der Waals surface area contributed by atoms with Gasteiger partial charge in [0.2, 0.25) is 0 Å². The number of hydrogen-bond donors (Lipinski definition) is 1. The van der Waals surface area contributed by atoms with E-state index in [4.69, 9.17) is 0 Å². The zero-order valence-corrected chi connectivity index (χ0v) is 5.52. The molecule has 0 aromatic rings. The SMILES string of the molecule is CC[C@@H]1CCOC(=O)N1. The number of carbonyl (C=O) groups excluding carboxylic acids is 1. The fourth-order valence-electron chi connectivity index (χ4n) is 0.881. The average Bonchev–Trinajstić information content (AvgIpc) is 1.88. The third-order valence-corrected chi connectivity index (χ3v) is 1.51. The first kappa shape index (κ1) is 6.39. The van der Waals surface area contributed by atoms with Gasteiger partial charge in [-0.3, -0.25) is 0 Å². The maximum absolute atomic E-state index is 10.5. The molecular weight excluding hydrogens is 118 g/mol. The summed E-state index contributed by atoms with van der Waals surface area (Å²) >= 11 is 0. The van der Waals surface area contributed by atoms with Crippen LogP contribution < -0.4 is 5.32 Å². The minimum atomic E-state index is -0.270. The van der Waals surface area contributed by atoms with Crippen molar-refractivity contribution in [3.8, 4) is 0 Å². The second-order valence-electron chi connectivity index (χ2n) is 2.17. The highest BCUT2D eigenvalue weighted by molar-refractivity contribution is 5.68. The highest BCUT2D eigenvalue weighted by Gasteiger charge is 2.16. The Morgan fingerprint density at radius 1 is 1.89 bits per heavy atom. The van der Waals surface area contributed by atoms with E-state index in [0.29, 0.717) is 12.6 Å². The van der Waals surface area contributed by atoms with Crippen molar-refractivity contribution in [2.24, 2.45) is 0 Å². The minimum absolute atomic E-state index is 0.270. The molecular formula is C6H11NO2. The Morgan fingerprint density at radius 2 is 2.67 bits per heavy atom. The fourth-order valence-corrected chi connectivity index (χ4v) is 0.881. The van der Waals surface area contributed by atoms with Gasteiger partial charge in [-0.05, 0) is 6.42 Å². The molecule has 0 aromatic carbocycles. The first-order valence-electron chi connectivity index (χ1n) is 3.26. The number of amides is 1. The van der Waals surface area contributed by atoms with Crippen LogP contribution in [-0.4, -0.2) is 18.7 Å². The van der Waals surface area contributed by atoms with E-state index in [-0.39, 0.29) is 6.09 Å². The fraction of sp³-hybridized carbons (Fsp3) is 0.833. The van der Waals surface area contributed by atoms with Gasteiger partial charge in [0.25, 0.3) is 0 Å². The van der Waals surface area contributed by atoms with Crippen molar-refractivity contribution in [1.29, 1.82) is 0 Å². The molecule has 1 aliphatic rings. The van der Waals surface area contributed by atoms with Crippen molar-refractivity contribution in [3.63, 3.8) is 0 Å². The quantitative estimate of drug-likeness (QED) is 0.571. The van der Waals surface area contributed by atoms with E-state index in [1.54, 1.807) is 0 Å². The standard InChI is InChI=1S/C6H11NO2/c1-2-5-3-4-9-6(8)7-5/h5H,2-4H2,1H3,(H,7,8)/t5-/m1/s1. The van der Waals surface area contributed by atoms with Gasteiger partial charge in [-0.2, -0.15) is 0 Å². The summed E-state index contributed by atoms with van der Waals surface area (Å²) in [5, 5.41) is 2.70. The van der Waals surface area contributed by atoms with Crippen LogP contribution in [0.4, 0.5) is 4.79 Å². The summed E-state index contributed by atoms with van der Waals surface area (Å²) in [7, 11) is 0. The molecule has 1 saturated heterocycles. The Balaban J connectivity index is 2.32. The number of hydrogen-bond acceptors (Lipinski definition) is 2. The van der Waals surface area contributed by atoms with Crippen LogP contribution >= 0.6 is 0 Å². The topological polar surface area (TPSA) is 38.3 Å². The van der Waals surface area contributed by atoms with E-state index in [1.165, 1.54) is 0 Å². The van der Waals surface area contributed by atoms with Gasteiger partial charge >= 0.3 is 6.09 Å². The number of alkyl carbamates (subject to hydrolysis) is 1. The highest BCUT2D eigenvalue weighted by atomic mass is 16.5. The molecule has 1 fully saturated rings. The van der Waals surface area contributed by atoms with Crippen LogP contribution in [0.2, 0.25) is 0 Å². The molecule has 1 atom stereocenters. The Kier molecular flexibility index (Phi) is 1.92. The van der Waals surface area contributed by atoms with Crippen molar-refractivity contribution in [1.82, 2.24) is 5.32 Å². The van der Waals surface area contributed by atoms with Crippen LogP contribution in [0, 0.1) is 0 Å². The number of cyclic esters (lactones) is 1. The van der Waals surface area contributed by atoms with Crippen LogP contribution in [0.1, 0.15) is 19.8 Å². The van der Waals surface area contributed by atoms with Crippen LogP contribution in [-0.2, 0) is 4.74 Å². The smallest absolute Gasteiger partial charge is 0.407 e. The second-order valence-corrected chi connectivity index (χ2v) is 2.17. The molecule has 1 aliphatic heterocycles. The van der Waals surface area contributed by atoms with Gasteiger partial charge in [-0.1, -0.05) is 6.92 Å². The first-order chi connectivity index (χ1) is 4.33. The van der Waals surface area contributed by atoms with Crippen LogP contribution in [0.5, 0.6) is 0 Å². The maximum Gasteiger partial charge on any atom is 0.407 e. The predicted molar refractivity (Wildman–Crippen MR) is 33.2 cm³/mol. The third-order valence-electron chi connectivity index (χ3n) is 1.51. The molecule has 0 aliphatic carbocycles. The summed E-state index contributed by atoms with van der Waals surface area (Å²) in [6.07, 6.45) is 1.67. The van der Waals surface area contributed by atoms with Crippen molar-refractivity contribution >= 4 is 6.09 Å². The van der Waals surface area contributed by atoms with Crippen LogP contribution in [0.15, 0.2) is 0 Å². The molecule has 3 heteroatoms. The lowest BCUT2D eigenvalue weighted by atomic mass is 10.1. The van der Waals surface area contributed by atoms with Crippen molar-refractivity contribution in [2.75, 3.05) is 6.61 Å². The normalized spacial score (nSPS) is 26.8. The number of rotatable bonds is 1. The Bertz CT molecular complexity index is 114. The Morgan fingerprint density at radius 3 is 3.11 bits per heavy atom. The van der Waals surface area contributed by atoms with Gasteiger partial charge < -0.3 is 10.1 Å². The maximum atomic E-state index is 10.5. The lowest BCUT2D eigenvalue weighted by Gasteiger charge is -2.21. The summed E-state index contributed by atoms with van der Waals surface area (Å²) in [5.74, 6) is 0. The summed E-state index contributed by atoms with van der Waals surface area (Å²) in [5.41, 5.74) is 0. The van der Waals surface area contributed by atoms with Crippen LogP contribution in [0.25, 0.3) is 0 Å². The van der Waals surface area contributed by atoms with Gasteiger partial charge in [0, 0.05) is 12.5 Å². The van der Waals surface area contributed by atoms with E-state index in [1.807, 2.05) is 0 Å². The van der Waals surface area contributed by atoms with Crippen molar-refractivity contribution in [3.05, 3.63) is 0 Å². The predicted octanol–water partition coefficient (Wildman–Crippen LogP) is 0.895. The summed E-state index contributed by atoms with van der Waals surface area (Å²) < 4.78 is 4.66. The average molecular weight is 129 g/mol. The molecule has 1 N–H and O–H groups in total. The molecule has 0 unspecified atom stereocenters. The van der Waals surface area contributed by atoms with Gasteiger partial charge in [-0.15, -0.1) is 0 Å². The zero-order chi connectivity index (χ0) is 6.69. The lowest BCUT2D eigenvalue weighted by molar-refractivity contribution is 0.115. The van der Waals surface area contributed by atoms with Gasteiger partial charge in [-0.25, -0.2) is 4.79 Å². The summed E-state index contributed by atoms with van der Waals surface area (Å²) in [6.45, 7) is 2.63. The molecule has 0 radical (unpaired) electrons. The molecule has 52 valence electrons. The molecule has 1 amide bonds. The molecule has 9 heavy (non-hydrogen) atoms. The van der Waals surface area contributed by atoms with E-state index >= 15 is 0 Å². The molecule has 3 nitrogen and oxygen atoms in total. The molecule has 1 rings (SSSR count). The largest absolute Gasteiger partial charge is 0.449 e. The van der Waals surface area contributed by atoms with Gasteiger partial charge in [0.15, 0.2) is 0 Å². The Labute approximate surface area is 54.4 Å². The number of nitrogens with one attached hydrogen (secondary N) is 1. The molecule has 0 aromatic heterocycles. The van der Waals surface area contributed by atoms with Crippen molar-refractivity contribution < 1.29 is 9.53 Å². The summed E-state index contributed by atoms with van der Waals surface area (Å²) in [4.78, 5) is 10.5. The molecule has 0 saturated carbocycles. The number of ether oxygens (including phenoxy) is 1. The second kappa shape index (κ2) is 2.71. The van der Waals surface area contributed by atoms with Crippen LogP contribution in [0.3, 0.4) is 0 Å². The minimum Gasteiger partial charge on any atom is -0.449 e. The summed E-state index contributed by atoms with van der Waals surface area (Å²) in [6, 6.07) is 0.339. The van der Waals surface area contributed by atoms with E-state index in [0.717, 1.165) is 12.8 Å². The van der Waals surface area contributed by atoms with E-state index in [9.17, 15) is 4.79 Å². The molecule has 1 heterocycles. The highest BCUT2D eigenvalue weighted by Crippen LogP contribution is 2.03. The lowest BCUT2D eigenvalue weighted by Crippen LogP contribution is -2.40. The van der Waals surface area contributed by atoms with E-state index in [2.05, 4.69) is 17.0 Å². The van der Waals surface area contributed by atoms with Gasteiger partial charge in [0.05, 0.1) is 6.61 Å². The van der Waals surface area contributed by atoms with Crippen molar-refractivity contribution in [2.45, 2.75) is 25.8 Å². The number of carbonyl (C=O) groups is 1.